The highest BCUT2D eigenvalue weighted by atomic mass is 16.7. The molecule has 4 unspecified atom stereocenters. The van der Waals surface area contributed by atoms with E-state index in [2.05, 4.69) is 38.8 Å². The van der Waals surface area contributed by atoms with Crippen LogP contribution < -0.4 is 41.4 Å². The van der Waals surface area contributed by atoms with Crippen molar-refractivity contribution in [1.82, 2.24) is 31.5 Å². The normalized spacial score (nSPS) is 20.9. The summed E-state index contributed by atoms with van der Waals surface area (Å²) >= 11 is 0. The van der Waals surface area contributed by atoms with E-state index in [-0.39, 0.29) is 154 Å². The average molecular weight is 1880 g/mol. The number of carbonyl (C=O) groups excluding carboxylic acids is 13. The number of likely N-dealkylation sites (tertiary alicyclic amines) is 1. The molecule has 12 atom stereocenters. The lowest BCUT2D eigenvalue weighted by Crippen LogP contribution is -2.66. The van der Waals surface area contributed by atoms with Crippen molar-refractivity contribution in [3.63, 3.8) is 0 Å². The summed E-state index contributed by atoms with van der Waals surface area (Å²) in [4.78, 5) is 166. The quantitative estimate of drug-likeness (QED) is 0.0137. The molecule has 3 aliphatic rings. The predicted molar refractivity (Wildman–Crippen MR) is 473 cm³/mol. The number of ether oxygens (including phenoxy) is 19. The molecule has 7 N–H and O–H groups in total. The van der Waals surface area contributed by atoms with Gasteiger partial charge in [-0.15, -0.1) is 0 Å². The van der Waals surface area contributed by atoms with Crippen molar-refractivity contribution in [1.29, 1.82) is 0 Å². The third-order valence-corrected chi connectivity index (χ3v) is 22.0. The maximum absolute atomic E-state index is 14.0. The largest absolute Gasteiger partial charge is 0.497 e. The summed E-state index contributed by atoms with van der Waals surface area (Å²) in [5.74, 6) is -6.25. The number of rotatable bonds is 59. The smallest absolute Gasteiger partial charge is 0.303 e. The Kier molecular flexibility index (Phi) is 46.8. The van der Waals surface area contributed by atoms with Crippen molar-refractivity contribution in [3.8, 4) is 11.5 Å². The van der Waals surface area contributed by atoms with Crippen LogP contribution in [0.15, 0.2) is 97.1 Å². The molecule has 40 heteroatoms. The molecule has 3 aliphatic heterocycles. The van der Waals surface area contributed by atoms with Gasteiger partial charge in [0.15, 0.2) is 37.0 Å². The molecule has 133 heavy (non-hydrogen) atoms. The maximum atomic E-state index is 14.0. The van der Waals surface area contributed by atoms with Crippen molar-refractivity contribution in [3.05, 3.63) is 125 Å². The lowest BCUT2D eigenvalue weighted by Gasteiger charge is -2.44. The first-order valence-corrected chi connectivity index (χ1v) is 44.4. The molecular formula is C93H131N7O33. The minimum atomic E-state index is -1.29. The Morgan fingerprint density at radius 1 is 0.436 bits per heavy atom. The van der Waals surface area contributed by atoms with Crippen molar-refractivity contribution in [2.75, 3.05) is 171 Å². The van der Waals surface area contributed by atoms with Crippen LogP contribution in [0.4, 0.5) is 5.69 Å². The topological polar surface area (TPSA) is 493 Å². The fourth-order valence-electron chi connectivity index (χ4n) is 15.2. The lowest BCUT2D eigenvalue weighted by atomic mass is 9.68. The summed E-state index contributed by atoms with van der Waals surface area (Å²) in [5.41, 5.74) is 0.241. The van der Waals surface area contributed by atoms with Crippen LogP contribution in [0.5, 0.6) is 11.5 Å². The van der Waals surface area contributed by atoms with Crippen LogP contribution in [0, 0.1) is 10.8 Å². The molecule has 0 saturated carbocycles. The molecule has 3 fully saturated rings. The van der Waals surface area contributed by atoms with Crippen LogP contribution in [0.1, 0.15) is 158 Å². The average Bonchev–Trinajstić information content (AvgIpc) is 1.71. The molecular weight excluding hydrogens is 1740 g/mol. The van der Waals surface area contributed by atoms with E-state index < -0.39 is 163 Å². The number of benzene rings is 4. The summed E-state index contributed by atoms with van der Waals surface area (Å²) < 4.78 is 108. The number of nitrogens with one attached hydrogen (secondary N) is 6. The lowest BCUT2D eigenvalue weighted by molar-refractivity contribution is -0.279. The van der Waals surface area contributed by atoms with Crippen molar-refractivity contribution >= 4 is 82.9 Å². The third-order valence-electron chi connectivity index (χ3n) is 22.0. The minimum Gasteiger partial charge on any atom is -0.497 e. The SMILES string of the molecule is COc1ccc(C(OCC2(C)CN(C(=O)CCCCCCCCC(=O)NCC(=O)Nc3cc(C(=O)NCCOCCOCCOCCOC4O[C@H](COC(C)=O)[C@H](OC(C)=O)[C@H](OC(C)=O)[C@H]4NC(C)=O)cc(C(=O)NCCOCCOCCOCCOC4O[C@H](COC(C)=O)[C@H](OC(C)=O)[C@H](OC(C)=O)[C@H]4NC(C)=O)c3)CC2(C)CO)(c2ccccc2)c2ccc(OC)cc2)cc1. The van der Waals surface area contributed by atoms with Gasteiger partial charge in [0.2, 0.25) is 29.5 Å². The summed E-state index contributed by atoms with van der Waals surface area (Å²) in [6.45, 7) is 13.9. The number of aliphatic hydroxyl groups is 1. The van der Waals surface area contributed by atoms with E-state index in [9.17, 15) is 67.4 Å². The zero-order valence-corrected chi connectivity index (χ0v) is 77.9. The van der Waals surface area contributed by atoms with Gasteiger partial charge in [-0.05, 0) is 72.0 Å². The van der Waals surface area contributed by atoms with Gasteiger partial charge in [0.25, 0.3) is 11.8 Å². The molecule has 0 spiro atoms. The minimum absolute atomic E-state index is 0.00333. The number of unbranched alkanes of at least 4 members (excludes halogenated alkanes) is 5. The van der Waals surface area contributed by atoms with Crippen LogP contribution in [-0.2, 0) is 139 Å². The van der Waals surface area contributed by atoms with Gasteiger partial charge in [-0.2, -0.15) is 0 Å². The molecule has 40 nitrogen and oxygen atoms in total. The Morgan fingerprint density at radius 3 is 1.22 bits per heavy atom. The highest BCUT2D eigenvalue weighted by Gasteiger charge is 2.56. The Bertz CT molecular complexity index is 4180. The van der Waals surface area contributed by atoms with Crippen molar-refractivity contribution in [2.24, 2.45) is 10.8 Å². The Morgan fingerprint density at radius 2 is 0.820 bits per heavy atom. The second-order valence-corrected chi connectivity index (χ2v) is 32.4. The Labute approximate surface area is 774 Å². The third kappa shape index (κ3) is 36.1. The monoisotopic (exact) mass is 1870 g/mol. The van der Waals surface area contributed by atoms with Gasteiger partial charge in [-0.3, -0.25) is 62.3 Å². The Balaban J connectivity index is 0.842. The van der Waals surface area contributed by atoms with Crippen LogP contribution in [0.25, 0.3) is 0 Å². The molecule has 0 bridgehead atoms. The zero-order chi connectivity index (χ0) is 96.9. The van der Waals surface area contributed by atoms with Crippen molar-refractivity contribution < 1.29 is 157 Å². The van der Waals surface area contributed by atoms with E-state index >= 15 is 0 Å². The number of anilines is 1. The molecule has 4 aromatic rings. The highest BCUT2D eigenvalue weighted by molar-refractivity contribution is 6.03. The van der Waals surface area contributed by atoms with Gasteiger partial charge in [-0.1, -0.05) is 94.1 Å². The molecule has 0 aliphatic carbocycles. The molecule has 3 saturated heterocycles. The van der Waals surface area contributed by atoms with E-state index in [1.54, 1.807) is 14.2 Å². The fraction of sp³-hybridized carbons (Fsp3) is 0.602. The van der Waals surface area contributed by atoms with Crippen molar-refractivity contribution in [2.45, 2.75) is 187 Å². The predicted octanol–water partition coefficient (Wildman–Crippen LogP) is 4.64. The number of hydrogen-bond donors (Lipinski definition) is 7. The second-order valence-electron chi connectivity index (χ2n) is 32.4. The maximum Gasteiger partial charge on any atom is 0.303 e. The van der Waals surface area contributed by atoms with Crippen LogP contribution in [0.2, 0.25) is 0 Å². The van der Waals surface area contributed by atoms with Gasteiger partial charge in [0, 0.05) is 122 Å². The molecule has 4 aromatic carbocycles. The molecule has 0 aromatic heterocycles. The highest BCUT2D eigenvalue weighted by Crippen LogP contribution is 2.50. The van der Waals surface area contributed by atoms with Gasteiger partial charge >= 0.3 is 35.8 Å². The summed E-state index contributed by atoms with van der Waals surface area (Å²) in [6.07, 6.45) is -5.19. The van der Waals surface area contributed by atoms with E-state index in [0.29, 0.717) is 43.9 Å². The summed E-state index contributed by atoms with van der Waals surface area (Å²) in [6, 6.07) is 27.3. The summed E-state index contributed by atoms with van der Waals surface area (Å²) in [7, 11) is 3.24. The fourth-order valence-corrected chi connectivity index (χ4v) is 15.2. The van der Waals surface area contributed by atoms with E-state index in [1.807, 2.05) is 90.7 Å². The number of amides is 7. The molecule has 3 heterocycles. The van der Waals surface area contributed by atoms with E-state index in [1.165, 1.54) is 45.9 Å². The van der Waals surface area contributed by atoms with Gasteiger partial charge in [0.05, 0.1) is 126 Å². The van der Waals surface area contributed by atoms with E-state index in [0.717, 1.165) is 70.1 Å². The van der Waals surface area contributed by atoms with Gasteiger partial charge in [-0.25, -0.2) is 0 Å². The number of aliphatic hydroxyl groups excluding tert-OH is 1. The molecule has 7 amide bonds. The second kappa shape index (κ2) is 57.0. The molecule has 7 rings (SSSR count). The standard InChI is InChI=1S/C93H131N7O33/c1-60(102)97-81-85(130-66(7)108)83(128-64(5)106)76(54-125-62(3)104)132-89(81)123-48-46-121-44-42-119-40-38-117-36-34-94-87(113)68-50-69(88(114)95-35-37-118-39-41-120-43-45-122-47-49-124-90-82(98-61(2)103)86(131-67(8)109)84(129-65(6)107)77(133-90)55-126-63(4)105)52-73(51-68)99-79(111)53-96-78(110)24-20-15-13-14-16-21-25-80(112)100-56-91(9,58-101)92(10,57-100)59-127-93(70-22-18-17-19-23-70,71-26-30-74(115-11)31-27-71)72-28-32-75(116-12)33-29-72/h17-19,22-23,26-33,50-52,76-77,81-86,89-90,101H,13-16,20-21,24-25,34-49,53-59H2,1-12H3,(H,94,113)(H,95,114)(H,96,110)(H,97,102)(H,98,103)(H,99,111)/t76-,77-,81-,82-,83+,84+,85-,86-,89?,90?,91?,92?/m1/s1. The number of carbonyl (C=O) groups is 13. The van der Waals surface area contributed by atoms with Crippen LogP contribution in [-0.4, -0.2) is 314 Å². The van der Waals surface area contributed by atoms with Crippen LogP contribution >= 0.6 is 0 Å². The zero-order valence-electron chi connectivity index (χ0n) is 77.9. The first-order valence-electron chi connectivity index (χ1n) is 44.4. The first kappa shape index (κ1) is 109. The number of esters is 6. The number of hydrogen-bond acceptors (Lipinski definition) is 33. The number of nitrogens with zero attached hydrogens (tertiary/aromatic N) is 1. The van der Waals surface area contributed by atoms with E-state index in [4.69, 9.17) is 90.0 Å². The Hall–Kier alpha value is -10.9. The van der Waals surface area contributed by atoms with Gasteiger partial charge in [0.1, 0.15) is 54.6 Å². The first-order chi connectivity index (χ1) is 63.7. The number of methoxy groups -OCH3 is 2. The summed E-state index contributed by atoms with van der Waals surface area (Å²) in [5, 5.41) is 27.1. The van der Waals surface area contributed by atoms with Crippen LogP contribution in [0.3, 0.4) is 0 Å². The molecule has 0 radical (unpaired) electrons. The van der Waals surface area contributed by atoms with Gasteiger partial charge < -0.3 is 132 Å². The molecule has 736 valence electrons.